The maximum Gasteiger partial charge on any atom is 0.269 e. The van der Waals surface area contributed by atoms with Crippen LogP contribution in [0.4, 0.5) is 11.6 Å². The Morgan fingerprint density at radius 1 is 0.644 bits per heavy atom. The number of nitrogens with zero attached hydrogens (tertiary/aromatic N) is 10. The van der Waals surface area contributed by atoms with E-state index < -0.39 is 67.8 Å². The van der Waals surface area contributed by atoms with Crippen molar-refractivity contribution in [3.8, 4) is 0 Å². The van der Waals surface area contributed by atoms with Gasteiger partial charge in [0.2, 0.25) is 0 Å². The molecule has 4 aromatic heterocycles. The van der Waals surface area contributed by atoms with Gasteiger partial charge in [-0.2, -0.15) is 5.10 Å². The molecule has 2 saturated heterocycles. The van der Waals surface area contributed by atoms with Crippen molar-refractivity contribution >= 4 is 87.7 Å². The van der Waals surface area contributed by atoms with Gasteiger partial charge in [-0.25, -0.2) is 44.7 Å². The van der Waals surface area contributed by atoms with Gasteiger partial charge in [0.05, 0.1) is 27.4 Å². The van der Waals surface area contributed by atoms with Crippen LogP contribution >= 0.6 is 15.9 Å². The van der Waals surface area contributed by atoms with Crippen LogP contribution in [0.3, 0.4) is 0 Å². The fourth-order valence-electron chi connectivity index (χ4n) is 9.20. The van der Waals surface area contributed by atoms with Crippen LogP contribution < -0.4 is 20.4 Å². The molecule has 1 unspecified atom stereocenters. The smallest absolute Gasteiger partial charge is 0.269 e. The lowest BCUT2D eigenvalue weighted by Gasteiger charge is -2.33. The first-order valence-corrected chi connectivity index (χ1v) is 27.0. The molecule has 7 heterocycles. The average Bonchev–Trinajstić information content (AvgIpc) is 4.35. The molecular formula is C52H51BrN12O6S2. The molecule has 21 heteroatoms. The third-order valence-electron chi connectivity index (χ3n) is 12.9. The zero-order valence-electron chi connectivity index (χ0n) is 45.2. The molecule has 73 heavy (non-hydrogen) atoms. The Kier molecular flexibility index (Phi) is 12.1. The number of carbonyl (C=O) groups excluding carboxylic acids is 2. The van der Waals surface area contributed by atoms with Crippen LogP contribution in [0, 0.1) is 0 Å². The summed E-state index contributed by atoms with van der Waals surface area (Å²) in [6.45, 7) is 2.60. The van der Waals surface area contributed by atoms with Gasteiger partial charge < -0.3 is 20.4 Å². The number of carbonyl (C=O) groups is 2. The van der Waals surface area contributed by atoms with Gasteiger partial charge in [-0.1, -0.05) is 72.7 Å². The molecule has 4 aromatic carbocycles. The Morgan fingerprint density at radius 2 is 1.15 bits per heavy atom. The topological polar surface area (TPSA) is 210 Å². The molecule has 1 atom stereocenters. The Labute approximate surface area is 439 Å². The van der Waals surface area contributed by atoms with Crippen molar-refractivity contribution in [2.75, 3.05) is 49.6 Å². The van der Waals surface area contributed by atoms with Crippen LogP contribution in [0.15, 0.2) is 166 Å². The van der Waals surface area contributed by atoms with E-state index in [1.165, 1.54) is 38.9 Å². The average molecular weight is 1090 g/mol. The van der Waals surface area contributed by atoms with Crippen molar-refractivity contribution in [2.45, 2.75) is 53.5 Å². The van der Waals surface area contributed by atoms with E-state index in [4.69, 9.17) is 8.27 Å². The number of hydrazone groups is 1. The molecule has 0 bridgehead atoms. The van der Waals surface area contributed by atoms with Gasteiger partial charge in [-0.15, -0.1) is 0 Å². The fourth-order valence-corrected chi connectivity index (χ4v) is 12.6. The monoisotopic (exact) mass is 1090 g/mol. The maximum atomic E-state index is 13.8. The fraction of sp³-hybridized carbons (Fsp3) is 0.250. The number of halogens is 1. The Hall–Kier alpha value is -7.49. The minimum absolute atomic E-state index is 0.0628. The quantitative estimate of drug-likeness (QED) is 0.135. The zero-order valence-corrected chi connectivity index (χ0v) is 42.4. The number of fused-ring (bicyclic) bond motifs is 2. The van der Waals surface area contributed by atoms with Gasteiger partial charge in [-0.05, 0) is 95.7 Å². The number of amides is 2. The first kappa shape index (κ1) is 42.1. The number of anilines is 2. The highest BCUT2D eigenvalue weighted by molar-refractivity contribution is 9.10. The van der Waals surface area contributed by atoms with E-state index in [0.717, 1.165) is 12.8 Å². The number of aromatic nitrogens is 6. The van der Waals surface area contributed by atoms with Crippen LogP contribution in [0.1, 0.15) is 64.7 Å². The highest BCUT2D eigenvalue weighted by Crippen LogP contribution is 2.38. The number of piperidine rings is 2. The Balaban J connectivity index is 0.000000185. The van der Waals surface area contributed by atoms with Crippen molar-refractivity contribution < 1.29 is 34.7 Å². The van der Waals surface area contributed by atoms with E-state index in [1.54, 1.807) is 78.1 Å². The summed E-state index contributed by atoms with van der Waals surface area (Å²) in [4.78, 5) is 47.8. The number of likely N-dealkylation sites (N-methyl/N-ethyl adjacent to an activating group) is 1. The third-order valence-corrected chi connectivity index (χ3v) is 16.8. The molecule has 0 saturated carbocycles. The van der Waals surface area contributed by atoms with E-state index in [1.807, 2.05) is 30.1 Å². The summed E-state index contributed by atoms with van der Waals surface area (Å²) < 4.78 is 105. The maximum absolute atomic E-state index is 13.8. The number of rotatable bonds is 11. The van der Waals surface area contributed by atoms with Crippen molar-refractivity contribution in [2.24, 2.45) is 5.10 Å². The van der Waals surface area contributed by atoms with E-state index in [-0.39, 0.29) is 33.3 Å². The molecule has 18 nitrogen and oxygen atoms in total. The van der Waals surface area contributed by atoms with E-state index in [2.05, 4.69) is 51.2 Å². The van der Waals surface area contributed by atoms with Gasteiger partial charge in [0, 0.05) is 92.0 Å². The van der Waals surface area contributed by atoms with Crippen LogP contribution in [-0.4, -0.2) is 120 Å². The summed E-state index contributed by atoms with van der Waals surface area (Å²) >= 11 is 3.52. The molecule has 374 valence electrons. The summed E-state index contributed by atoms with van der Waals surface area (Å²) in [5.41, 5.74) is 1.36. The second kappa shape index (κ2) is 20.9. The first-order valence-electron chi connectivity index (χ1n) is 26.3. The summed E-state index contributed by atoms with van der Waals surface area (Å²) in [6.07, 6.45) is 9.74. The first-order chi connectivity index (χ1) is 37.9. The predicted octanol–water partition coefficient (Wildman–Crippen LogP) is 6.91. The summed E-state index contributed by atoms with van der Waals surface area (Å²) in [6, 6.07) is 21.8. The van der Waals surface area contributed by atoms with E-state index >= 15 is 0 Å². The van der Waals surface area contributed by atoms with Crippen LogP contribution in [0.25, 0.3) is 22.1 Å². The Morgan fingerprint density at radius 3 is 1.70 bits per heavy atom. The predicted molar refractivity (Wildman–Crippen MR) is 283 cm³/mol. The summed E-state index contributed by atoms with van der Waals surface area (Å²) in [5.74, 6) is -0.0662. The molecule has 11 rings (SSSR count). The largest absolute Gasteiger partial charge is 0.356 e. The van der Waals surface area contributed by atoms with Gasteiger partial charge in [0.25, 0.3) is 31.9 Å². The molecule has 2 amide bonds. The number of benzene rings is 4. The molecule has 2 N–H and O–H groups in total. The van der Waals surface area contributed by atoms with E-state index in [0.29, 0.717) is 94.5 Å². The minimum Gasteiger partial charge on any atom is -0.356 e. The molecule has 2 fully saturated rings. The highest BCUT2D eigenvalue weighted by Gasteiger charge is 2.33. The molecule has 3 aliphatic rings. The molecular weight excluding hydrogens is 1030 g/mol. The molecule has 0 aliphatic carbocycles. The normalized spacial score (nSPS) is 17.8. The van der Waals surface area contributed by atoms with Crippen LogP contribution in [-0.2, 0) is 20.0 Å². The molecule has 8 aromatic rings. The van der Waals surface area contributed by atoms with Crippen LogP contribution in [0.5, 0.6) is 0 Å². The van der Waals surface area contributed by atoms with Crippen molar-refractivity contribution in [3.63, 3.8) is 0 Å². The van der Waals surface area contributed by atoms with Gasteiger partial charge >= 0.3 is 0 Å². The zero-order chi connectivity index (χ0) is 55.9. The molecule has 3 aliphatic heterocycles. The number of hydrogen-bond donors (Lipinski definition) is 2. The molecule has 0 radical (unpaired) electrons. The van der Waals surface area contributed by atoms with Crippen molar-refractivity contribution in [1.82, 2.24) is 43.5 Å². The van der Waals surface area contributed by atoms with Crippen molar-refractivity contribution in [1.29, 1.82) is 0 Å². The second-order valence-electron chi connectivity index (χ2n) is 17.5. The standard InChI is InChI=1S/C28H29N7O3S.C24H22BrN5O3S/c1-33-17-21(16-31-33)24-18-35(39(37,38)23-10-6-3-7-11-23)27-25(24)26(29-19-30-27)34-14-12-22(13-15-34)32-28(36)20-8-4-2-5-9-20;25-20-15-30(34(32,33)19-9-5-2-6-10-19)23-21(20)22(26-16-27-23)29-13-11-18(12-14-29)28-24(31)17-7-3-1-4-8-17/h2-11,16,18-19,21-22H,12-15,17H2,1H3,(H,32,36);1-10,15-16,18H,11-14H2,(H,28,31)/i2D,4D,5D,8D,9D;/hD. The van der Waals surface area contributed by atoms with Crippen LogP contribution in [0.2, 0.25) is 1.41 Å². The SMILES string of the molecule is O=C(NC1CCN(c2ncnc3c2c(Br)cn3S(=O)(=O)c2ccccc2)CC1)c1ccccc1.[2H]c1c([2H])c([2H])c(C(=O)N([2H])C2CCN(c3ncnc4c3c(C3C=NN(C)C3)cn4S(=O)(=O)c3ccccc3)CC2)c([2H])c1[2H]. The third kappa shape index (κ3) is 10.2. The lowest BCUT2D eigenvalue weighted by Crippen LogP contribution is -2.45. The van der Waals surface area contributed by atoms with Crippen molar-refractivity contribution in [3.05, 3.63) is 167 Å². The summed E-state index contributed by atoms with van der Waals surface area (Å²) in [7, 11) is -5.98. The Bertz CT molecular complexity index is 3860. The molecule has 0 spiro atoms. The van der Waals surface area contributed by atoms with Gasteiger partial charge in [-0.3, -0.25) is 14.6 Å². The second-order valence-corrected chi connectivity index (χ2v) is 22.0. The lowest BCUT2D eigenvalue weighted by molar-refractivity contribution is 0.0922. The van der Waals surface area contributed by atoms with E-state index in [9.17, 15) is 26.4 Å². The minimum atomic E-state index is -4.00. The summed E-state index contributed by atoms with van der Waals surface area (Å²) in [5, 5.41) is 11.1. The lowest BCUT2D eigenvalue weighted by atomic mass is 10.00. The highest BCUT2D eigenvalue weighted by atomic mass is 79.9. The van der Waals surface area contributed by atoms with Gasteiger partial charge in [0.1, 0.15) is 24.3 Å². The number of hydrogen-bond acceptors (Lipinski definition) is 14. The number of nitrogens with one attached hydrogen (secondary N) is 2. The van der Waals surface area contributed by atoms with Gasteiger partial charge in [0.15, 0.2) is 12.7 Å².